The van der Waals surface area contributed by atoms with Crippen molar-refractivity contribution in [3.05, 3.63) is 71.8 Å². The van der Waals surface area contributed by atoms with Gasteiger partial charge in [-0.05, 0) is 30.4 Å². The summed E-state index contributed by atoms with van der Waals surface area (Å²) >= 11 is 0. The van der Waals surface area contributed by atoms with Crippen molar-refractivity contribution in [1.29, 1.82) is 0 Å². The third-order valence-electron chi connectivity index (χ3n) is 6.24. The van der Waals surface area contributed by atoms with Gasteiger partial charge in [-0.25, -0.2) is 9.69 Å². The molecule has 0 radical (unpaired) electrons. The number of nitrogens with zero attached hydrogens (tertiary/aromatic N) is 1. The number of amides is 2. The molecule has 6 nitrogen and oxygen atoms in total. The maximum absolute atomic E-state index is 13.2. The number of carbonyl (C=O) groups excluding carboxylic acids is 3. The quantitative estimate of drug-likeness (QED) is 0.624. The minimum absolute atomic E-state index is 0.0268. The summed E-state index contributed by atoms with van der Waals surface area (Å²) in [5.41, 5.74) is 1.06. The highest BCUT2D eigenvalue weighted by Crippen LogP contribution is 2.43. The Kier molecular flexibility index (Phi) is 6.35. The first-order valence-electron chi connectivity index (χ1n) is 10.8. The third kappa shape index (κ3) is 4.79. The molecule has 0 N–H and O–H groups in total. The van der Waals surface area contributed by atoms with Crippen LogP contribution in [-0.2, 0) is 32.1 Å². The van der Waals surface area contributed by atoms with E-state index in [0.29, 0.717) is 19.3 Å². The lowest BCUT2D eigenvalue weighted by Crippen LogP contribution is -2.44. The molecule has 1 saturated carbocycles. The molecule has 4 rings (SSSR count). The fourth-order valence-electron chi connectivity index (χ4n) is 4.56. The molecule has 2 aromatic carbocycles. The summed E-state index contributed by atoms with van der Waals surface area (Å²) in [5, 5.41) is 0. The highest BCUT2D eigenvalue weighted by Gasteiger charge is 2.48. The zero-order chi connectivity index (χ0) is 21.7. The molecule has 0 aromatic heterocycles. The van der Waals surface area contributed by atoms with E-state index < -0.39 is 11.5 Å². The molecular formula is C25H27NO5. The van der Waals surface area contributed by atoms with Gasteiger partial charge >= 0.3 is 12.1 Å². The average molecular weight is 421 g/mol. The van der Waals surface area contributed by atoms with Crippen LogP contribution >= 0.6 is 0 Å². The van der Waals surface area contributed by atoms with Crippen molar-refractivity contribution < 1.29 is 23.9 Å². The molecule has 0 spiro atoms. The van der Waals surface area contributed by atoms with E-state index in [1.807, 2.05) is 60.7 Å². The number of ether oxygens (including phenoxy) is 2. The molecule has 2 aromatic rings. The largest absolute Gasteiger partial charge is 0.460 e. The fourth-order valence-corrected chi connectivity index (χ4v) is 4.56. The number of rotatable bonds is 7. The Balaban J connectivity index is 1.44. The van der Waals surface area contributed by atoms with Gasteiger partial charge in [0.2, 0.25) is 5.91 Å². The Bertz CT molecular complexity index is 921. The van der Waals surface area contributed by atoms with E-state index in [-0.39, 0.29) is 37.6 Å². The second-order valence-corrected chi connectivity index (χ2v) is 8.41. The molecule has 2 fully saturated rings. The molecular weight excluding hydrogens is 394 g/mol. The van der Waals surface area contributed by atoms with Gasteiger partial charge in [0.15, 0.2) is 0 Å². The van der Waals surface area contributed by atoms with Gasteiger partial charge in [-0.1, -0.05) is 73.5 Å². The van der Waals surface area contributed by atoms with Crippen LogP contribution in [0.15, 0.2) is 60.7 Å². The van der Waals surface area contributed by atoms with Crippen LogP contribution in [0.1, 0.15) is 43.2 Å². The van der Waals surface area contributed by atoms with Crippen LogP contribution in [0.3, 0.4) is 0 Å². The molecule has 162 valence electrons. The van der Waals surface area contributed by atoms with E-state index in [4.69, 9.17) is 9.47 Å². The monoisotopic (exact) mass is 421 g/mol. The van der Waals surface area contributed by atoms with Crippen LogP contribution < -0.4 is 0 Å². The topological polar surface area (TPSA) is 72.9 Å². The number of hydrogen-bond donors (Lipinski definition) is 0. The highest BCUT2D eigenvalue weighted by atomic mass is 16.6. The van der Waals surface area contributed by atoms with Crippen molar-refractivity contribution in [2.45, 2.75) is 51.2 Å². The second-order valence-electron chi connectivity index (χ2n) is 8.41. The van der Waals surface area contributed by atoms with Crippen LogP contribution in [-0.4, -0.2) is 35.5 Å². The Morgan fingerprint density at radius 1 is 0.968 bits per heavy atom. The minimum atomic E-state index is -0.869. The Morgan fingerprint density at radius 3 is 2.23 bits per heavy atom. The minimum Gasteiger partial charge on any atom is -0.460 e. The molecule has 0 bridgehead atoms. The van der Waals surface area contributed by atoms with E-state index in [2.05, 4.69) is 0 Å². The number of cyclic esters (lactones) is 1. The van der Waals surface area contributed by atoms with E-state index in [0.717, 1.165) is 24.0 Å². The molecule has 6 heteroatoms. The van der Waals surface area contributed by atoms with Gasteiger partial charge in [-0.3, -0.25) is 9.59 Å². The summed E-state index contributed by atoms with van der Waals surface area (Å²) < 4.78 is 10.8. The van der Waals surface area contributed by atoms with Gasteiger partial charge in [-0.15, -0.1) is 0 Å². The smallest absolute Gasteiger partial charge is 0.416 e. The van der Waals surface area contributed by atoms with Gasteiger partial charge in [-0.2, -0.15) is 0 Å². The van der Waals surface area contributed by atoms with Gasteiger partial charge in [0.05, 0.1) is 11.5 Å². The first kappa shape index (κ1) is 21.1. The summed E-state index contributed by atoms with van der Waals surface area (Å²) in [4.78, 5) is 39.8. The Morgan fingerprint density at radius 2 is 1.58 bits per heavy atom. The number of esters is 1. The summed E-state index contributed by atoms with van der Waals surface area (Å²) in [7, 11) is 0. The van der Waals surface area contributed by atoms with Crippen LogP contribution in [0.5, 0.6) is 0 Å². The predicted molar refractivity (Wildman–Crippen MR) is 114 cm³/mol. The SMILES string of the molecule is O=C(CC1(C(=O)OCc2ccccc2)CCCC1)N1C(=O)OCC1Cc1ccccc1. The number of carbonyl (C=O) groups is 3. The highest BCUT2D eigenvalue weighted by molar-refractivity contribution is 5.96. The van der Waals surface area contributed by atoms with Gasteiger partial charge in [0.1, 0.15) is 13.2 Å². The molecule has 2 aliphatic rings. The lowest BCUT2D eigenvalue weighted by molar-refractivity contribution is -0.160. The van der Waals surface area contributed by atoms with Gasteiger partial charge in [0, 0.05) is 6.42 Å². The molecule has 1 heterocycles. The zero-order valence-corrected chi connectivity index (χ0v) is 17.5. The van der Waals surface area contributed by atoms with Crippen molar-refractivity contribution in [3.63, 3.8) is 0 Å². The number of hydrogen-bond acceptors (Lipinski definition) is 5. The first-order valence-corrected chi connectivity index (χ1v) is 10.8. The lowest BCUT2D eigenvalue weighted by atomic mass is 9.82. The second kappa shape index (κ2) is 9.33. The predicted octanol–water partition coefficient (Wildman–Crippen LogP) is 4.27. The summed E-state index contributed by atoms with van der Waals surface area (Å²) in [6.45, 7) is 0.350. The van der Waals surface area contributed by atoms with Gasteiger partial charge < -0.3 is 9.47 Å². The summed E-state index contributed by atoms with van der Waals surface area (Å²) in [6.07, 6.45) is 2.80. The van der Waals surface area contributed by atoms with E-state index in [1.54, 1.807) is 0 Å². The Hall–Kier alpha value is -3.15. The van der Waals surface area contributed by atoms with E-state index >= 15 is 0 Å². The number of imide groups is 1. The van der Waals surface area contributed by atoms with Gasteiger partial charge in [0.25, 0.3) is 0 Å². The van der Waals surface area contributed by atoms with E-state index in [1.165, 1.54) is 4.90 Å². The van der Waals surface area contributed by atoms with Crippen LogP contribution in [0.4, 0.5) is 4.79 Å². The molecule has 1 aliphatic heterocycles. The van der Waals surface area contributed by atoms with Crippen molar-refractivity contribution in [3.8, 4) is 0 Å². The Labute approximate surface area is 182 Å². The van der Waals surface area contributed by atoms with Crippen molar-refractivity contribution in [1.82, 2.24) is 4.90 Å². The van der Waals surface area contributed by atoms with Crippen molar-refractivity contribution in [2.75, 3.05) is 6.61 Å². The average Bonchev–Trinajstić information content (AvgIpc) is 3.41. The molecule has 1 aliphatic carbocycles. The summed E-state index contributed by atoms with van der Waals surface area (Å²) in [6, 6.07) is 18.8. The normalized spacial score (nSPS) is 19.8. The van der Waals surface area contributed by atoms with Crippen LogP contribution in [0, 0.1) is 5.41 Å². The van der Waals surface area contributed by atoms with E-state index in [9.17, 15) is 14.4 Å². The molecule has 31 heavy (non-hydrogen) atoms. The summed E-state index contributed by atoms with van der Waals surface area (Å²) in [5.74, 6) is -0.712. The maximum Gasteiger partial charge on any atom is 0.416 e. The zero-order valence-electron chi connectivity index (χ0n) is 17.5. The molecule has 1 unspecified atom stereocenters. The lowest BCUT2D eigenvalue weighted by Gasteiger charge is -2.28. The molecule has 1 saturated heterocycles. The number of benzene rings is 2. The van der Waals surface area contributed by atoms with Crippen LogP contribution in [0.2, 0.25) is 0 Å². The molecule has 2 amide bonds. The third-order valence-corrected chi connectivity index (χ3v) is 6.24. The first-order chi connectivity index (χ1) is 15.1. The molecule has 1 atom stereocenters. The fraction of sp³-hybridized carbons (Fsp3) is 0.400. The van der Waals surface area contributed by atoms with Crippen molar-refractivity contribution in [2.24, 2.45) is 5.41 Å². The van der Waals surface area contributed by atoms with Crippen LogP contribution in [0.25, 0.3) is 0 Å². The maximum atomic E-state index is 13.2. The standard InChI is InChI=1S/C25H27NO5/c27-22(26-21(18-31-24(26)29)15-19-9-3-1-4-10-19)16-25(13-7-8-14-25)23(28)30-17-20-11-5-2-6-12-20/h1-6,9-12,21H,7-8,13-18H2. The van der Waals surface area contributed by atoms with Crippen molar-refractivity contribution >= 4 is 18.0 Å².